The Morgan fingerprint density at radius 1 is 0.967 bits per heavy atom. The fourth-order valence-corrected chi connectivity index (χ4v) is 4.63. The molecule has 1 heterocycles. The molecule has 0 saturated carbocycles. The highest BCUT2D eigenvalue weighted by Gasteiger charge is 2.41. The van der Waals surface area contributed by atoms with Crippen LogP contribution in [-0.2, 0) is 15.8 Å². The van der Waals surface area contributed by atoms with Crippen LogP contribution in [-0.4, -0.2) is 11.7 Å². The van der Waals surface area contributed by atoms with Gasteiger partial charge in [-0.15, -0.1) is 0 Å². The molecule has 0 fully saturated rings. The van der Waals surface area contributed by atoms with Crippen molar-refractivity contribution >= 4 is 40.6 Å². The maximum absolute atomic E-state index is 13.3. The number of benzene rings is 2. The molecular weight excluding hydrogens is 438 g/mol. The van der Waals surface area contributed by atoms with Crippen molar-refractivity contribution in [3.63, 3.8) is 0 Å². The molecule has 3 nitrogen and oxygen atoms in total. The standard InChI is InChI=1S/C22H16Cl2F3NO2/c23-15-5-2-1-4-13(15)14-11-20(30)28(17-6-3-7-19(29)21(14)17)18-10-12(22(25,26)27)8-9-16(18)24/h1-2,4-5,8-10,14H,3,6-7,11H2. The Kier molecular flexibility index (Phi) is 5.41. The summed E-state index contributed by atoms with van der Waals surface area (Å²) in [6.07, 6.45) is -3.45. The number of ketones is 1. The van der Waals surface area contributed by atoms with E-state index in [0.717, 1.165) is 18.2 Å². The van der Waals surface area contributed by atoms with Crippen molar-refractivity contribution in [3.8, 4) is 0 Å². The van der Waals surface area contributed by atoms with Crippen LogP contribution in [0.25, 0.3) is 0 Å². The highest BCUT2D eigenvalue weighted by atomic mass is 35.5. The van der Waals surface area contributed by atoms with E-state index in [0.29, 0.717) is 41.1 Å². The number of Topliss-reactive ketones (excluding diaryl/α,β-unsaturated/α-hetero) is 1. The SMILES string of the molecule is O=C1CCCC2=C1C(c1ccccc1Cl)CC(=O)N2c1cc(C(F)(F)F)ccc1Cl. The Balaban J connectivity index is 1.90. The van der Waals surface area contributed by atoms with Crippen molar-refractivity contribution in [2.45, 2.75) is 37.8 Å². The summed E-state index contributed by atoms with van der Waals surface area (Å²) in [4.78, 5) is 27.2. The molecule has 8 heteroatoms. The lowest BCUT2D eigenvalue weighted by Gasteiger charge is -2.39. The van der Waals surface area contributed by atoms with Crippen molar-refractivity contribution in [1.29, 1.82) is 0 Å². The monoisotopic (exact) mass is 453 g/mol. The minimum atomic E-state index is -4.59. The van der Waals surface area contributed by atoms with Gasteiger partial charge in [-0.1, -0.05) is 41.4 Å². The maximum atomic E-state index is 13.3. The van der Waals surface area contributed by atoms with Crippen LogP contribution in [0.3, 0.4) is 0 Å². The van der Waals surface area contributed by atoms with Crippen molar-refractivity contribution in [2.75, 3.05) is 4.90 Å². The van der Waals surface area contributed by atoms with Gasteiger partial charge in [0, 0.05) is 35.1 Å². The Labute approximate surface area is 181 Å². The van der Waals surface area contributed by atoms with E-state index >= 15 is 0 Å². The molecule has 4 rings (SSSR count). The fraction of sp³-hybridized carbons (Fsp3) is 0.273. The summed E-state index contributed by atoms with van der Waals surface area (Å²) in [7, 11) is 0. The summed E-state index contributed by atoms with van der Waals surface area (Å²) in [5, 5.41) is 0.448. The van der Waals surface area contributed by atoms with Crippen molar-refractivity contribution < 1.29 is 22.8 Å². The molecule has 0 spiro atoms. The van der Waals surface area contributed by atoms with Crippen LogP contribution in [0.4, 0.5) is 18.9 Å². The largest absolute Gasteiger partial charge is 0.416 e. The van der Waals surface area contributed by atoms with Gasteiger partial charge < -0.3 is 0 Å². The normalized spacial score (nSPS) is 19.9. The van der Waals surface area contributed by atoms with Crippen LogP contribution in [0.5, 0.6) is 0 Å². The molecule has 1 amide bonds. The second-order valence-electron chi connectivity index (χ2n) is 7.31. The predicted octanol–water partition coefficient (Wildman–Crippen LogP) is 6.54. The molecule has 0 saturated heterocycles. The molecule has 30 heavy (non-hydrogen) atoms. The fourth-order valence-electron chi connectivity index (χ4n) is 4.16. The van der Waals surface area contributed by atoms with Crippen molar-refractivity contribution in [3.05, 3.63) is 74.9 Å². The number of hydrogen-bond acceptors (Lipinski definition) is 2. The summed E-state index contributed by atoms with van der Waals surface area (Å²) in [6.45, 7) is 0. The Bertz CT molecular complexity index is 1080. The first-order valence-electron chi connectivity index (χ1n) is 9.39. The van der Waals surface area contributed by atoms with Crippen LogP contribution in [0.15, 0.2) is 53.7 Å². The average molecular weight is 454 g/mol. The topological polar surface area (TPSA) is 37.4 Å². The lowest BCUT2D eigenvalue weighted by Crippen LogP contribution is -2.40. The predicted molar refractivity (Wildman–Crippen MR) is 109 cm³/mol. The van der Waals surface area contributed by atoms with E-state index < -0.39 is 23.6 Å². The van der Waals surface area contributed by atoms with E-state index in [1.807, 2.05) is 0 Å². The number of alkyl halides is 3. The van der Waals surface area contributed by atoms with Gasteiger partial charge in [-0.25, -0.2) is 0 Å². The first kappa shape index (κ1) is 20.9. The Morgan fingerprint density at radius 3 is 2.40 bits per heavy atom. The third kappa shape index (κ3) is 3.63. The molecule has 0 radical (unpaired) electrons. The number of anilines is 1. The second kappa shape index (κ2) is 7.75. The molecule has 1 unspecified atom stereocenters. The number of hydrogen-bond donors (Lipinski definition) is 0. The lowest BCUT2D eigenvalue weighted by molar-refractivity contribution is -0.137. The number of carbonyl (C=O) groups excluding carboxylic acids is 2. The van der Waals surface area contributed by atoms with Gasteiger partial charge in [-0.3, -0.25) is 14.5 Å². The van der Waals surface area contributed by atoms with Gasteiger partial charge in [-0.05, 0) is 42.7 Å². The molecule has 2 aromatic rings. The highest BCUT2D eigenvalue weighted by molar-refractivity contribution is 6.34. The number of carbonyl (C=O) groups is 2. The smallest absolute Gasteiger partial charge is 0.294 e. The van der Waals surface area contributed by atoms with Gasteiger partial charge in [0.05, 0.1) is 16.3 Å². The van der Waals surface area contributed by atoms with E-state index in [9.17, 15) is 22.8 Å². The van der Waals surface area contributed by atoms with Gasteiger partial charge in [-0.2, -0.15) is 13.2 Å². The molecule has 0 N–H and O–H groups in total. The second-order valence-corrected chi connectivity index (χ2v) is 8.12. The van der Waals surface area contributed by atoms with E-state index in [1.165, 1.54) is 4.90 Å². The van der Waals surface area contributed by atoms with E-state index in [2.05, 4.69) is 0 Å². The molecule has 1 aliphatic heterocycles. The van der Waals surface area contributed by atoms with Crippen LogP contribution >= 0.6 is 23.2 Å². The maximum Gasteiger partial charge on any atom is 0.416 e. The third-order valence-electron chi connectivity index (χ3n) is 5.47. The Hall–Kier alpha value is -2.31. The molecule has 156 valence electrons. The lowest BCUT2D eigenvalue weighted by atomic mass is 9.77. The summed E-state index contributed by atoms with van der Waals surface area (Å²) >= 11 is 12.5. The molecule has 2 aromatic carbocycles. The number of rotatable bonds is 2. The molecular formula is C22H16Cl2F3NO2. The van der Waals surface area contributed by atoms with Crippen molar-refractivity contribution in [1.82, 2.24) is 0 Å². The van der Waals surface area contributed by atoms with Gasteiger partial charge in [0.15, 0.2) is 5.78 Å². The van der Waals surface area contributed by atoms with Crippen LogP contribution in [0.2, 0.25) is 10.0 Å². The zero-order valence-electron chi connectivity index (χ0n) is 15.6. The van der Waals surface area contributed by atoms with Crippen LogP contribution in [0.1, 0.15) is 42.7 Å². The van der Waals surface area contributed by atoms with Gasteiger partial charge in [0.2, 0.25) is 5.91 Å². The number of amides is 1. The van der Waals surface area contributed by atoms with E-state index in [1.54, 1.807) is 24.3 Å². The summed E-state index contributed by atoms with van der Waals surface area (Å²) in [5.41, 5.74) is 0.532. The summed E-state index contributed by atoms with van der Waals surface area (Å²) < 4.78 is 39.8. The molecule has 2 aliphatic rings. The van der Waals surface area contributed by atoms with E-state index in [-0.39, 0.29) is 22.9 Å². The minimum Gasteiger partial charge on any atom is -0.294 e. The zero-order valence-corrected chi connectivity index (χ0v) is 17.1. The summed E-state index contributed by atoms with van der Waals surface area (Å²) in [6, 6.07) is 9.83. The third-order valence-corrected chi connectivity index (χ3v) is 6.13. The van der Waals surface area contributed by atoms with Crippen LogP contribution in [0, 0.1) is 0 Å². The number of halogens is 5. The molecule has 0 aromatic heterocycles. The molecule has 0 bridgehead atoms. The highest BCUT2D eigenvalue weighted by Crippen LogP contribution is 2.46. The average Bonchev–Trinajstić information content (AvgIpc) is 2.68. The number of nitrogens with zero attached hydrogens (tertiary/aromatic N) is 1. The first-order valence-corrected chi connectivity index (χ1v) is 10.1. The van der Waals surface area contributed by atoms with Crippen LogP contribution < -0.4 is 4.90 Å². The van der Waals surface area contributed by atoms with Crippen molar-refractivity contribution in [2.24, 2.45) is 0 Å². The first-order chi connectivity index (χ1) is 14.2. The van der Waals surface area contributed by atoms with Gasteiger partial charge in [0.1, 0.15) is 0 Å². The quantitative estimate of drug-likeness (QED) is 0.517. The zero-order chi connectivity index (χ0) is 21.6. The van der Waals surface area contributed by atoms with Gasteiger partial charge in [0.25, 0.3) is 0 Å². The number of allylic oxidation sites excluding steroid dienone is 2. The van der Waals surface area contributed by atoms with E-state index in [4.69, 9.17) is 23.2 Å². The Morgan fingerprint density at radius 2 is 1.70 bits per heavy atom. The molecule has 1 aliphatic carbocycles. The minimum absolute atomic E-state index is 0.0115. The molecule has 1 atom stereocenters. The van der Waals surface area contributed by atoms with Gasteiger partial charge >= 0.3 is 6.18 Å². The summed E-state index contributed by atoms with van der Waals surface area (Å²) in [5.74, 6) is -1.08.